The van der Waals surface area contributed by atoms with Gasteiger partial charge in [-0.1, -0.05) is 50.2 Å². The molecule has 0 fully saturated rings. The van der Waals surface area contributed by atoms with Gasteiger partial charge < -0.3 is 9.26 Å². The fourth-order valence-corrected chi connectivity index (χ4v) is 2.10. The molecule has 2 aromatic rings. The van der Waals surface area contributed by atoms with Crippen molar-refractivity contribution in [2.45, 2.75) is 46.1 Å². The lowest BCUT2D eigenvalue weighted by Gasteiger charge is -2.19. The molecule has 122 valence electrons. The van der Waals surface area contributed by atoms with Gasteiger partial charge in [-0.3, -0.25) is 4.79 Å². The molecule has 0 aliphatic carbocycles. The first-order chi connectivity index (χ1) is 10.7. The van der Waals surface area contributed by atoms with Crippen molar-refractivity contribution >= 4 is 11.8 Å². The van der Waals surface area contributed by atoms with Crippen molar-refractivity contribution in [1.82, 2.24) is 5.16 Å². The Hall–Kier alpha value is -2.43. The second kappa shape index (κ2) is 6.36. The van der Waals surface area contributed by atoms with Crippen LogP contribution >= 0.6 is 0 Å². The fourth-order valence-electron chi connectivity index (χ4n) is 2.10. The van der Waals surface area contributed by atoms with Crippen LogP contribution in [-0.2, 0) is 10.2 Å². The van der Waals surface area contributed by atoms with Crippen LogP contribution < -0.4 is 0 Å². The highest BCUT2D eigenvalue weighted by Crippen LogP contribution is 2.22. The van der Waals surface area contributed by atoms with Gasteiger partial charge in [-0.25, -0.2) is 4.79 Å². The number of carbonyl (C=O) groups is 2. The van der Waals surface area contributed by atoms with E-state index in [0.717, 1.165) is 5.56 Å². The molecule has 0 saturated heterocycles. The van der Waals surface area contributed by atoms with Crippen LogP contribution in [0.3, 0.4) is 0 Å². The highest BCUT2D eigenvalue weighted by Gasteiger charge is 2.23. The van der Waals surface area contributed by atoms with Crippen molar-refractivity contribution in [2.75, 3.05) is 0 Å². The van der Waals surface area contributed by atoms with Crippen LogP contribution in [0, 0.1) is 6.92 Å². The lowest BCUT2D eigenvalue weighted by atomic mass is 9.86. The van der Waals surface area contributed by atoms with Gasteiger partial charge >= 0.3 is 5.97 Å². The smallest absolute Gasteiger partial charge is 0.377 e. The Kier molecular flexibility index (Phi) is 4.68. The Morgan fingerprint density at radius 3 is 2.26 bits per heavy atom. The molecule has 23 heavy (non-hydrogen) atoms. The zero-order valence-corrected chi connectivity index (χ0v) is 14.0. The SMILES string of the molecule is Cc1cc(C(=O)OC(C)C(=O)c2ccc(C(C)(C)C)cc2)on1. The van der Waals surface area contributed by atoms with Crippen molar-refractivity contribution < 1.29 is 18.8 Å². The van der Waals surface area contributed by atoms with E-state index >= 15 is 0 Å². The lowest BCUT2D eigenvalue weighted by Crippen LogP contribution is -2.24. The summed E-state index contributed by atoms with van der Waals surface area (Å²) in [6.07, 6.45) is -0.895. The zero-order valence-electron chi connectivity index (χ0n) is 14.0. The predicted molar refractivity (Wildman–Crippen MR) is 85.6 cm³/mol. The second-order valence-corrected chi connectivity index (χ2v) is 6.57. The maximum absolute atomic E-state index is 12.4. The van der Waals surface area contributed by atoms with Gasteiger partial charge in [0.05, 0.1) is 5.69 Å². The molecule has 1 atom stereocenters. The van der Waals surface area contributed by atoms with E-state index in [4.69, 9.17) is 9.26 Å². The average molecular weight is 315 g/mol. The van der Waals surface area contributed by atoms with Crippen molar-refractivity contribution in [3.05, 3.63) is 52.9 Å². The van der Waals surface area contributed by atoms with Crippen LogP contribution in [0.1, 0.15) is 59.9 Å². The molecule has 0 amide bonds. The van der Waals surface area contributed by atoms with Crippen LogP contribution in [0.2, 0.25) is 0 Å². The number of aryl methyl sites for hydroxylation is 1. The number of rotatable bonds is 4. The van der Waals surface area contributed by atoms with Crippen LogP contribution in [-0.4, -0.2) is 23.0 Å². The van der Waals surface area contributed by atoms with Crippen molar-refractivity contribution in [3.8, 4) is 0 Å². The Morgan fingerprint density at radius 1 is 1.17 bits per heavy atom. The van der Waals surface area contributed by atoms with Gasteiger partial charge in [0.1, 0.15) is 0 Å². The van der Waals surface area contributed by atoms with Crippen molar-refractivity contribution in [1.29, 1.82) is 0 Å². The molecule has 5 nitrogen and oxygen atoms in total. The Morgan fingerprint density at radius 2 is 1.78 bits per heavy atom. The first-order valence-electron chi connectivity index (χ1n) is 7.47. The van der Waals surface area contributed by atoms with Crippen molar-refractivity contribution in [3.63, 3.8) is 0 Å². The van der Waals surface area contributed by atoms with E-state index in [9.17, 15) is 9.59 Å². The maximum Gasteiger partial charge on any atom is 0.377 e. The summed E-state index contributed by atoms with van der Waals surface area (Å²) in [5, 5.41) is 3.62. The minimum atomic E-state index is -0.895. The number of carbonyl (C=O) groups excluding carboxylic acids is 2. The first-order valence-corrected chi connectivity index (χ1v) is 7.47. The second-order valence-electron chi connectivity index (χ2n) is 6.57. The third-order valence-electron chi connectivity index (χ3n) is 3.52. The van der Waals surface area contributed by atoms with Gasteiger partial charge in [-0.2, -0.15) is 0 Å². The summed E-state index contributed by atoms with van der Waals surface area (Å²) in [5.74, 6) is -0.960. The predicted octanol–water partition coefficient (Wildman–Crippen LogP) is 3.71. The number of hydrogen-bond donors (Lipinski definition) is 0. The van der Waals surface area contributed by atoms with Gasteiger partial charge in [0, 0.05) is 11.6 Å². The molecular formula is C18H21NO4. The number of ether oxygens (including phenoxy) is 1. The van der Waals surface area contributed by atoms with Crippen LogP contribution in [0.15, 0.2) is 34.9 Å². The maximum atomic E-state index is 12.4. The van der Waals surface area contributed by atoms with Gasteiger partial charge in [-0.05, 0) is 24.8 Å². The van der Waals surface area contributed by atoms with Crippen LogP contribution in [0.4, 0.5) is 0 Å². The van der Waals surface area contributed by atoms with Gasteiger partial charge in [0.15, 0.2) is 6.10 Å². The molecule has 0 aliphatic rings. The van der Waals surface area contributed by atoms with E-state index in [1.807, 2.05) is 12.1 Å². The van der Waals surface area contributed by atoms with Crippen molar-refractivity contribution in [2.24, 2.45) is 0 Å². The molecule has 5 heteroatoms. The van der Waals surface area contributed by atoms with E-state index in [0.29, 0.717) is 11.3 Å². The Bertz CT molecular complexity index is 707. The molecular weight excluding hydrogens is 294 g/mol. The van der Waals surface area contributed by atoms with Crippen LogP contribution in [0.25, 0.3) is 0 Å². The molecule has 1 heterocycles. The van der Waals surface area contributed by atoms with E-state index in [1.54, 1.807) is 26.0 Å². The average Bonchev–Trinajstić information content (AvgIpc) is 2.92. The summed E-state index contributed by atoms with van der Waals surface area (Å²) in [5.41, 5.74) is 2.24. The molecule has 2 rings (SSSR count). The summed E-state index contributed by atoms with van der Waals surface area (Å²) in [7, 11) is 0. The fraction of sp³-hybridized carbons (Fsp3) is 0.389. The summed E-state index contributed by atoms with van der Waals surface area (Å²) >= 11 is 0. The van der Waals surface area contributed by atoms with E-state index in [1.165, 1.54) is 6.07 Å². The van der Waals surface area contributed by atoms with E-state index < -0.39 is 12.1 Å². The summed E-state index contributed by atoms with van der Waals surface area (Å²) in [6.45, 7) is 9.56. The number of benzene rings is 1. The van der Waals surface area contributed by atoms with E-state index in [-0.39, 0.29) is 17.0 Å². The molecule has 1 unspecified atom stereocenters. The molecule has 0 saturated carbocycles. The van der Waals surface area contributed by atoms with Crippen LogP contribution in [0.5, 0.6) is 0 Å². The highest BCUT2D eigenvalue weighted by molar-refractivity contribution is 6.01. The quantitative estimate of drug-likeness (QED) is 0.635. The van der Waals surface area contributed by atoms with Gasteiger partial charge in [0.25, 0.3) is 0 Å². The summed E-state index contributed by atoms with van der Waals surface area (Å²) < 4.78 is 9.97. The Labute approximate surface area is 135 Å². The molecule has 1 aromatic heterocycles. The van der Waals surface area contributed by atoms with E-state index in [2.05, 4.69) is 25.9 Å². The number of esters is 1. The molecule has 1 aromatic carbocycles. The first kappa shape index (κ1) is 16.9. The number of Topliss-reactive ketones (excluding diaryl/α,β-unsaturated/α-hetero) is 1. The highest BCUT2D eigenvalue weighted by atomic mass is 16.6. The minimum absolute atomic E-state index is 0.00905. The molecule has 0 aliphatic heterocycles. The monoisotopic (exact) mass is 315 g/mol. The zero-order chi connectivity index (χ0) is 17.2. The Balaban J connectivity index is 2.06. The summed E-state index contributed by atoms with van der Waals surface area (Å²) in [6, 6.07) is 8.82. The largest absolute Gasteiger partial charge is 0.448 e. The van der Waals surface area contributed by atoms with Gasteiger partial charge in [0.2, 0.25) is 11.5 Å². The topological polar surface area (TPSA) is 69.4 Å². The third-order valence-corrected chi connectivity index (χ3v) is 3.52. The standard InChI is InChI=1S/C18H21NO4/c1-11-10-15(23-19-11)17(21)22-12(2)16(20)13-6-8-14(9-7-13)18(3,4)5/h6-10,12H,1-5H3. The third kappa shape index (κ3) is 4.06. The normalized spacial score (nSPS) is 12.7. The molecule has 0 radical (unpaired) electrons. The number of ketones is 1. The lowest BCUT2D eigenvalue weighted by molar-refractivity contribution is 0.0281. The number of hydrogen-bond acceptors (Lipinski definition) is 5. The molecule has 0 bridgehead atoms. The molecule has 0 N–H and O–H groups in total. The molecule has 0 spiro atoms. The number of nitrogens with zero attached hydrogens (tertiary/aromatic N) is 1. The van der Waals surface area contributed by atoms with Gasteiger partial charge in [-0.15, -0.1) is 0 Å². The number of aromatic nitrogens is 1. The summed E-state index contributed by atoms with van der Waals surface area (Å²) in [4.78, 5) is 24.2. The minimum Gasteiger partial charge on any atom is -0.448 e.